The summed E-state index contributed by atoms with van der Waals surface area (Å²) in [5.41, 5.74) is 5.35. The Labute approximate surface area is 93.5 Å². The third-order valence-corrected chi connectivity index (χ3v) is 4.44. The molecule has 0 amide bonds. The minimum atomic E-state index is -2.90. The van der Waals surface area contributed by atoms with Crippen LogP contribution in [0.1, 0.15) is 12.3 Å². The van der Waals surface area contributed by atoms with Crippen molar-refractivity contribution in [1.82, 2.24) is 10.2 Å². The van der Waals surface area contributed by atoms with Gasteiger partial charge >= 0.3 is 6.01 Å². The molecule has 1 unspecified atom stereocenters. The van der Waals surface area contributed by atoms with Crippen LogP contribution < -0.4 is 10.6 Å². The lowest BCUT2D eigenvalue weighted by atomic mass is 10.2. The van der Waals surface area contributed by atoms with Crippen molar-refractivity contribution >= 4 is 15.9 Å². The molecule has 2 rings (SSSR count). The first-order valence-electron chi connectivity index (χ1n) is 4.97. The van der Waals surface area contributed by atoms with Crippen LogP contribution in [0.25, 0.3) is 0 Å². The van der Waals surface area contributed by atoms with Crippen molar-refractivity contribution in [2.24, 2.45) is 5.73 Å². The minimum absolute atomic E-state index is 0.0870. The van der Waals surface area contributed by atoms with E-state index in [9.17, 15) is 8.42 Å². The summed E-state index contributed by atoms with van der Waals surface area (Å²) in [6.07, 6.45) is 0.596. The first-order chi connectivity index (χ1) is 7.52. The Morgan fingerprint density at radius 1 is 1.56 bits per heavy atom. The fraction of sp³-hybridized carbons (Fsp3) is 0.750. The van der Waals surface area contributed by atoms with Crippen LogP contribution in [0.3, 0.4) is 0 Å². The van der Waals surface area contributed by atoms with Gasteiger partial charge in [0.2, 0.25) is 5.89 Å². The lowest BCUT2D eigenvalue weighted by molar-refractivity contribution is 0.479. The van der Waals surface area contributed by atoms with E-state index < -0.39 is 9.84 Å². The average Bonchev–Trinajstić information content (AvgIpc) is 2.83. The smallest absolute Gasteiger partial charge is 0.318 e. The van der Waals surface area contributed by atoms with Gasteiger partial charge in [-0.25, -0.2) is 8.42 Å². The van der Waals surface area contributed by atoms with Gasteiger partial charge in [-0.2, -0.15) is 0 Å². The number of rotatable bonds is 3. The largest absolute Gasteiger partial charge is 0.407 e. The molecule has 0 aliphatic carbocycles. The Morgan fingerprint density at radius 3 is 2.81 bits per heavy atom. The first kappa shape index (κ1) is 11.3. The van der Waals surface area contributed by atoms with Crippen molar-refractivity contribution in [3.05, 3.63) is 5.89 Å². The molecule has 0 saturated carbocycles. The van der Waals surface area contributed by atoms with Crippen LogP contribution in [-0.4, -0.2) is 43.2 Å². The highest BCUT2D eigenvalue weighted by molar-refractivity contribution is 7.91. The van der Waals surface area contributed by atoms with Crippen molar-refractivity contribution in [3.8, 4) is 0 Å². The molecule has 0 aromatic carbocycles. The van der Waals surface area contributed by atoms with Crippen LogP contribution in [0.2, 0.25) is 0 Å². The molecule has 2 heterocycles. The maximum Gasteiger partial charge on any atom is 0.318 e. The summed E-state index contributed by atoms with van der Waals surface area (Å²) >= 11 is 0. The molecule has 0 radical (unpaired) electrons. The van der Waals surface area contributed by atoms with Crippen molar-refractivity contribution < 1.29 is 12.8 Å². The zero-order valence-electron chi connectivity index (χ0n) is 8.96. The van der Waals surface area contributed by atoms with Crippen molar-refractivity contribution in [3.63, 3.8) is 0 Å². The third-order valence-electron chi connectivity index (χ3n) is 2.69. The second kappa shape index (κ2) is 4.02. The Hall–Kier alpha value is -1.15. The molecular weight excluding hydrogens is 232 g/mol. The summed E-state index contributed by atoms with van der Waals surface area (Å²) in [6.45, 7) is 0.184. The van der Waals surface area contributed by atoms with Crippen LogP contribution in [0, 0.1) is 0 Å². The molecule has 0 bridgehead atoms. The van der Waals surface area contributed by atoms with Gasteiger partial charge < -0.3 is 15.1 Å². The second-order valence-electron chi connectivity index (χ2n) is 3.85. The van der Waals surface area contributed by atoms with Gasteiger partial charge in [0.15, 0.2) is 9.84 Å². The Balaban J connectivity index is 2.11. The Morgan fingerprint density at radius 2 is 2.31 bits per heavy atom. The third kappa shape index (κ3) is 2.17. The number of aromatic nitrogens is 2. The predicted molar refractivity (Wildman–Crippen MR) is 57.7 cm³/mol. The molecule has 1 aliphatic rings. The highest BCUT2D eigenvalue weighted by Gasteiger charge is 2.32. The van der Waals surface area contributed by atoms with Crippen LogP contribution in [0.4, 0.5) is 6.01 Å². The highest BCUT2D eigenvalue weighted by Crippen LogP contribution is 2.21. The minimum Gasteiger partial charge on any atom is -0.407 e. The van der Waals surface area contributed by atoms with E-state index in [4.69, 9.17) is 10.2 Å². The molecule has 1 fully saturated rings. The maximum atomic E-state index is 11.3. The van der Waals surface area contributed by atoms with Gasteiger partial charge in [-0.15, -0.1) is 5.10 Å². The lowest BCUT2D eigenvalue weighted by Gasteiger charge is -2.20. The lowest BCUT2D eigenvalue weighted by Crippen LogP contribution is -2.32. The summed E-state index contributed by atoms with van der Waals surface area (Å²) in [6, 6.07) is 0.235. The number of hydrogen-bond donors (Lipinski definition) is 1. The van der Waals surface area contributed by atoms with E-state index in [2.05, 4.69) is 10.2 Å². The van der Waals surface area contributed by atoms with E-state index in [1.54, 1.807) is 11.9 Å². The fourth-order valence-electron chi connectivity index (χ4n) is 1.71. The van der Waals surface area contributed by atoms with E-state index >= 15 is 0 Å². The molecule has 7 nitrogen and oxygen atoms in total. The topological polar surface area (TPSA) is 102 Å². The quantitative estimate of drug-likeness (QED) is 0.741. The molecule has 1 aromatic heterocycles. The van der Waals surface area contributed by atoms with Crippen LogP contribution in [0.15, 0.2) is 4.42 Å². The van der Waals surface area contributed by atoms with Crippen LogP contribution >= 0.6 is 0 Å². The van der Waals surface area contributed by atoms with E-state index in [1.165, 1.54) is 0 Å². The molecular formula is C8H14N4O3S. The molecule has 1 aromatic rings. The van der Waals surface area contributed by atoms with Gasteiger partial charge in [-0.3, -0.25) is 0 Å². The number of hydrogen-bond acceptors (Lipinski definition) is 7. The summed E-state index contributed by atoms with van der Waals surface area (Å²) in [5.74, 6) is 0.715. The van der Waals surface area contributed by atoms with Gasteiger partial charge in [0.05, 0.1) is 18.1 Å². The second-order valence-corrected chi connectivity index (χ2v) is 6.08. The van der Waals surface area contributed by atoms with E-state index in [0.29, 0.717) is 18.3 Å². The number of sulfone groups is 1. The van der Waals surface area contributed by atoms with Gasteiger partial charge in [0, 0.05) is 13.1 Å². The Kier molecular flexibility index (Phi) is 2.85. The summed E-state index contributed by atoms with van der Waals surface area (Å²) in [4.78, 5) is 1.71. The summed E-state index contributed by atoms with van der Waals surface area (Å²) < 4.78 is 27.9. The molecule has 8 heteroatoms. The van der Waals surface area contributed by atoms with Gasteiger partial charge in [0.1, 0.15) is 0 Å². The molecule has 2 N–H and O–H groups in total. The van der Waals surface area contributed by atoms with Gasteiger partial charge in [0.25, 0.3) is 0 Å². The molecule has 1 atom stereocenters. The van der Waals surface area contributed by atoms with E-state index in [-0.39, 0.29) is 24.1 Å². The van der Waals surface area contributed by atoms with Crippen LogP contribution in [0.5, 0.6) is 0 Å². The molecule has 16 heavy (non-hydrogen) atoms. The summed E-state index contributed by atoms with van der Waals surface area (Å²) in [7, 11) is -1.15. The highest BCUT2D eigenvalue weighted by atomic mass is 32.2. The van der Waals surface area contributed by atoms with Crippen molar-refractivity contribution in [1.29, 1.82) is 0 Å². The number of anilines is 1. The zero-order valence-corrected chi connectivity index (χ0v) is 9.77. The monoisotopic (exact) mass is 246 g/mol. The Bertz CT molecular complexity index is 469. The zero-order chi connectivity index (χ0) is 11.8. The number of nitrogens with two attached hydrogens (primary N) is 1. The van der Waals surface area contributed by atoms with Gasteiger partial charge in [-0.1, -0.05) is 5.10 Å². The van der Waals surface area contributed by atoms with Crippen molar-refractivity contribution in [2.45, 2.75) is 19.0 Å². The molecule has 1 saturated heterocycles. The number of nitrogens with zero attached hydrogens (tertiary/aromatic N) is 3. The van der Waals surface area contributed by atoms with E-state index in [0.717, 1.165) is 0 Å². The predicted octanol–water partition coefficient (Wildman–Crippen LogP) is -0.848. The molecule has 0 spiro atoms. The first-order valence-corrected chi connectivity index (χ1v) is 6.79. The normalized spacial score (nSPS) is 23.5. The molecule has 1 aliphatic heterocycles. The van der Waals surface area contributed by atoms with Gasteiger partial charge in [-0.05, 0) is 6.42 Å². The maximum absolute atomic E-state index is 11.3. The van der Waals surface area contributed by atoms with Crippen molar-refractivity contribution in [2.75, 3.05) is 23.5 Å². The van der Waals surface area contributed by atoms with Crippen LogP contribution in [-0.2, 0) is 16.4 Å². The fourth-order valence-corrected chi connectivity index (χ4v) is 3.48. The standard InChI is InChI=1S/C8H14N4O3S/c1-12(6-2-3-16(13,14)5-6)8-11-10-7(4-9)15-8/h6H,2-5,9H2,1H3. The summed E-state index contributed by atoms with van der Waals surface area (Å²) in [5, 5.41) is 7.54. The van der Waals surface area contributed by atoms with E-state index in [1.807, 2.05) is 0 Å². The average molecular weight is 246 g/mol. The molecule has 90 valence electrons. The SMILES string of the molecule is CN(c1nnc(CN)o1)C1CCS(=O)(=O)C1.